The molecule has 3 nitrogen and oxygen atoms in total. The summed E-state index contributed by atoms with van der Waals surface area (Å²) in [7, 11) is 0. The van der Waals surface area contributed by atoms with E-state index in [0.717, 1.165) is 28.8 Å². The van der Waals surface area contributed by atoms with E-state index in [2.05, 4.69) is 19.1 Å². The number of pyridine rings is 1. The van der Waals surface area contributed by atoms with Gasteiger partial charge in [-0.2, -0.15) is 4.57 Å². The number of carbonyl (C=O) groups excluding carboxylic acids is 1. The fraction of sp³-hybridized carbons (Fsp3) is 0.184. The molecular weight excluding hydrogens is 1030 g/mol. The van der Waals surface area contributed by atoms with Crippen molar-refractivity contribution in [2.45, 2.75) is 52.0 Å². The number of carbonyl (C=O) groups is 1. The maximum atomic E-state index is 15.4. The fourth-order valence-electron chi connectivity index (χ4n) is 8.33. The van der Waals surface area contributed by atoms with Crippen LogP contribution in [0.4, 0.5) is 87.8 Å². The van der Waals surface area contributed by atoms with Crippen LogP contribution in [0.2, 0.25) is 0 Å². The van der Waals surface area contributed by atoms with Gasteiger partial charge in [-0.1, -0.05) is 81.5 Å². The number of aromatic nitrogens is 1. The van der Waals surface area contributed by atoms with E-state index in [0.29, 0.717) is 6.61 Å². The summed E-state index contributed by atoms with van der Waals surface area (Å²) in [5.74, 6) is -70.6. The van der Waals surface area contributed by atoms with Crippen molar-refractivity contribution in [2.75, 3.05) is 6.61 Å². The first kappa shape index (κ1) is 55.2. The van der Waals surface area contributed by atoms with E-state index in [1.807, 2.05) is 59.2 Å². The molecule has 0 unspecified atom stereocenters. The summed E-state index contributed by atoms with van der Waals surface area (Å²) in [6, 6.07) is 21.6. The largest absolute Gasteiger partial charge is 0.444 e. The van der Waals surface area contributed by atoms with Crippen LogP contribution in [-0.4, -0.2) is 18.5 Å². The highest BCUT2D eigenvalue weighted by Crippen LogP contribution is 2.31. The zero-order chi connectivity index (χ0) is 54.0. The Morgan fingerprint density at radius 1 is 0.397 bits per heavy atom. The molecule has 0 fully saturated rings. The zero-order valence-electron chi connectivity index (χ0n) is 36.9. The van der Waals surface area contributed by atoms with Gasteiger partial charge >= 0.3 is 5.88 Å². The Balaban J connectivity index is 0.000000265. The molecule has 0 aliphatic heterocycles. The number of ether oxygens (including phenoxy) is 1. The highest BCUT2D eigenvalue weighted by molar-refractivity contribution is 7.20. The van der Waals surface area contributed by atoms with E-state index < -0.39 is 144 Å². The lowest BCUT2D eigenvalue weighted by atomic mass is 9.12. The van der Waals surface area contributed by atoms with Gasteiger partial charge in [0.25, 0.3) is 0 Å². The summed E-state index contributed by atoms with van der Waals surface area (Å²) in [6.45, 7) is 3.19. The molecule has 0 saturated heterocycles. The molecule has 73 heavy (non-hydrogen) atoms. The maximum absolute atomic E-state index is 15.4. The molecule has 386 valence electrons. The Bertz CT molecular complexity index is 2880. The second kappa shape index (κ2) is 22.3. The number of hydrogen-bond donors (Lipinski definition) is 0. The predicted octanol–water partition coefficient (Wildman–Crippen LogP) is 11.6. The molecule has 0 aliphatic rings. The van der Waals surface area contributed by atoms with Gasteiger partial charge in [0, 0.05) is 17.0 Å². The summed E-state index contributed by atoms with van der Waals surface area (Å²) in [4.78, 5) is 12.8. The first-order chi connectivity index (χ1) is 34.5. The van der Waals surface area contributed by atoms with Crippen molar-refractivity contribution >= 4 is 44.7 Å². The van der Waals surface area contributed by atoms with Crippen LogP contribution in [0.1, 0.15) is 55.8 Å². The number of nitrogens with zero attached hydrogens (tertiary/aromatic N) is 1. The van der Waals surface area contributed by atoms with Gasteiger partial charge in [0.2, 0.25) is 17.8 Å². The quantitative estimate of drug-likeness (QED) is 0.0195. The number of ketones is 1. The number of para-hydroxylation sites is 1. The maximum Gasteiger partial charge on any atom is 0.368 e. The standard InChI is InChI=1S/C25H30NO2.C24BF20/c1-2-3-4-5-6-12-19-28-25-18-17-21-13-10-11-16-23(21)26(25)20-24(27)22-14-8-7-9-15-22;26-5-1(6(27)14(35)21(42)13(5)34)25(2-7(28)15(36)22(43)16(37)8(2)29,3-9(30)17(38)23(44)18(39)10(3)31)4-11(32)19(40)24(45)20(41)12(4)33/h7-11,13-18H,2-6,12,19-20H2,1H3;/q+1;-1. The van der Waals surface area contributed by atoms with Crippen LogP contribution in [-0.2, 0) is 6.54 Å². The van der Waals surface area contributed by atoms with Crippen LogP contribution >= 0.6 is 0 Å². The number of Topliss-reactive ketones (excluding diaryl/α,β-unsaturated/α-hetero) is 1. The fourth-order valence-corrected chi connectivity index (χ4v) is 8.33. The monoisotopic (exact) mass is 1060 g/mol. The summed E-state index contributed by atoms with van der Waals surface area (Å²) in [6.07, 6.45) is 0.167. The highest BCUT2D eigenvalue weighted by atomic mass is 19.2. The second-order valence-corrected chi connectivity index (χ2v) is 16.0. The minimum Gasteiger partial charge on any atom is -0.444 e. The molecule has 0 spiro atoms. The lowest BCUT2D eigenvalue weighted by Crippen LogP contribution is -2.81. The Hall–Kier alpha value is -7.14. The Kier molecular flexibility index (Phi) is 16.9. The van der Waals surface area contributed by atoms with E-state index in [9.17, 15) is 57.5 Å². The third-order valence-electron chi connectivity index (χ3n) is 11.8. The summed E-state index contributed by atoms with van der Waals surface area (Å²) >= 11 is 0. The summed E-state index contributed by atoms with van der Waals surface area (Å²) in [5, 5.41) is 1.11. The molecule has 0 atom stereocenters. The van der Waals surface area contributed by atoms with Crippen LogP contribution in [0.25, 0.3) is 10.9 Å². The van der Waals surface area contributed by atoms with Gasteiger partial charge in [-0.05, 0) is 18.6 Å². The average molecular weight is 1060 g/mol. The van der Waals surface area contributed by atoms with Crippen LogP contribution in [0.15, 0.2) is 66.7 Å². The molecule has 0 bridgehead atoms. The van der Waals surface area contributed by atoms with Gasteiger partial charge in [0.15, 0.2) is 69.8 Å². The molecule has 7 aromatic rings. The molecular formula is C49H30BF20NO2. The van der Waals surface area contributed by atoms with Gasteiger partial charge in [0.1, 0.15) is 52.7 Å². The van der Waals surface area contributed by atoms with Gasteiger partial charge < -0.3 is 4.74 Å². The van der Waals surface area contributed by atoms with Crippen molar-refractivity contribution in [3.8, 4) is 5.88 Å². The lowest BCUT2D eigenvalue weighted by Gasteiger charge is -2.44. The van der Waals surface area contributed by atoms with Crippen molar-refractivity contribution in [3.05, 3.63) is 189 Å². The van der Waals surface area contributed by atoms with Crippen LogP contribution in [0.3, 0.4) is 0 Å². The van der Waals surface area contributed by atoms with Crippen molar-refractivity contribution in [3.63, 3.8) is 0 Å². The Labute approximate surface area is 399 Å². The Morgan fingerprint density at radius 2 is 0.726 bits per heavy atom. The van der Waals surface area contributed by atoms with Gasteiger partial charge in [-0.3, -0.25) is 4.79 Å². The SMILES string of the molecule is CCCCCCCCOc1ccc2ccccc2[n+]1CC(=O)c1ccccc1.Fc1c(F)c(F)c([B-](c2c(F)c(F)c(F)c(F)c2F)(c2c(F)c(F)c(F)c(F)c2F)c2c(F)c(F)c(F)c(F)c2F)c(F)c1F. The molecule has 0 aliphatic carbocycles. The summed E-state index contributed by atoms with van der Waals surface area (Å²) < 4.78 is 302. The van der Waals surface area contributed by atoms with Crippen molar-refractivity contribution in [1.29, 1.82) is 0 Å². The van der Waals surface area contributed by atoms with E-state index >= 15 is 35.1 Å². The topological polar surface area (TPSA) is 30.2 Å². The molecule has 0 N–H and O–H groups in total. The Morgan fingerprint density at radius 3 is 1.11 bits per heavy atom. The van der Waals surface area contributed by atoms with E-state index in [1.54, 1.807) is 0 Å². The molecule has 0 radical (unpaired) electrons. The molecule has 6 aromatic carbocycles. The number of fused-ring (bicyclic) bond motifs is 1. The number of benzene rings is 6. The van der Waals surface area contributed by atoms with Crippen molar-refractivity contribution in [2.24, 2.45) is 0 Å². The molecule has 0 saturated carbocycles. The number of unbranched alkanes of at least 4 members (excludes halogenated alkanes) is 5. The number of rotatable bonds is 15. The molecule has 24 heteroatoms. The zero-order valence-corrected chi connectivity index (χ0v) is 36.9. The first-order valence-corrected chi connectivity index (χ1v) is 21.4. The average Bonchev–Trinajstić information content (AvgIpc) is 3.39. The van der Waals surface area contributed by atoms with Crippen molar-refractivity contribution in [1.82, 2.24) is 0 Å². The molecule has 0 amide bonds. The number of hydrogen-bond acceptors (Lipinski definition) is 2. The van der Waals surface area contributed by atoms with E-state index in [-0.39, 0.29) is 12.3 Å². The van der Waals surface area contributed by atoms with Crippen LogP contribution in [0.5, 0.6) is 5.88 Å². The second-order valence-electron chi connectivity index (χ2n) is 16.0. The van der Waals surface area contributed by atoms with Gasteiger partial charge in [-0.25, -0.2) is 87.8 Å². The highest BCUT2D eigenvalue weighted by Gasteiger charge is 2.52. The van der Waals surface area contributed by atoms with Gasteiger partial charge in [0.05, 0.1) is 12.7 Å². The lowest BCUT2D eigenvalue weighted by molar-refractivity contribution is -0.663. The summed E-state index contributed by atoms with van der Waals surface area (Å²) in [5.41, 5.74) is -12.6. The minimum absolute atomic E-state index is 0.0892. The molecule has 1 aromatic heterocycles. The smallest absolute Gasteiger partial charge is 0.368 e. The van der Waals surface area contributed by atoms with Crippen LogP contribution in [0, 0.1) is 116 Å². The van der Waals surface area contributed by atoms with Crippen molar-refractivity contribution < 1.29 is 102 Å². The predicted molar refractivity (Wildman–Crippen MR) is 223 cm³/mol. The normalized spacial score (nSPS) is 11.6. The van der Waals surface area contributed by atoms with Gasteiger partial charge in [-0.15, -0.1) is 21.9 Å². The first-order valence-electron chi connectivity index (χ1n) is 21.4. The van der Waals surface area contributed by atoms with E-state index in [4.69, 9.17) is 4.74 Å². The third-order valence-corrected chi connectivity index (χ3v) is 11.8. The minimum atomic E-state index is -7.22. The van der Waals surface area contributed by atoms with E-state index in [1.165, 1.54) is 32.1 Å². The molecule has 1 heterocycles. The van der Waals surface area contributed by atoms with Crippen LogP contribution < -0.4 is 31.2 Å². The third kappa shape index (κ3) is 9.78. The molecule has 7 rings (SSSR count). The number of halogens is 20.